The minimum Gasteiger partial charge on any atom is -0.392 e. The molecule has 1 aromatic rings. The average Bonchev–Trinajstić information content (AvgIpc) is 2.78. The molecule has 15 heavy (non-hydrogen) atoms. The summed E-state index contributed by atoms with van der Waals surface area (Å²) >= 11 is 0. The Bertz CT molecular complexity index is 321. The molecule has 1 saturated carbocycles. The van der Waals surface area contributed by atoms with E-state index in [1.807, 2.05) is 12.4 Å². The van der Waals surface area contributed by atoms with Crippen molar-refractivity contribution in [3.63, 3.8) is 0 Å². The van der Waals surface area contributed by atoms with Gasteiger partial charge in [0.05, 0.1) is 6.10 Å². The predicted octanol–water partition coefficient (Wildman–Crippen LogP) is 1.85. The van der Waals surface area contributed by atoms with Gasteiger partial charge in [-0.1, -0.05) is 13.8 Å². The molecule has 1 N–H and O–H groups in total. The lowest BCUT2D eigenvalue weighted by Crippen LogP contribution is -2.17. The molecule has 0 aromatic carbocycles. The summed E-state index contributed by atoms with van der Waals surface area (Å²) < 4.78 is 2.15. The van der Waals surface area contributed by atoms with Gasteiger partial charge in [-0.3, -0.25) is 0 Å². The number of rotatable bonds is 5. The van der Waals surface area contributed by atoms with E-state index in [0.717, 1.165) is 18.8 Å². The summed E-state index contributed by atoms with van der Waals surface area (Å²) in [6.07, 6.45) is 6.63. The van der Waals surface area contributed by atoms with E-state index in [2.05, 4.69) is 23.4 Å². The highest BCUT2D eigenvalue weighted by Crippen LogP contribution is 2.41. The minimum absolute atomic E-state index is 0.196. The molecule has 1 heterocycles. The Morgan fingerprint density at radius 3 is 3.00 bits per heavy atom. The van der Waals surface area contributed by atoms with Crippen molar-refractivity contribution >= 4 is 0 Å². The second-order valence-corrected chi connectivity index (χ2v) is 4.69. The van der Waals surface area contributed by atoms with Gasteiger partial charge in [0.2, 0.25) is 0 Å². The molecule has 0 saturated heterocycles. The summed E-state index contributed by atoms with van der Waals surface area (Å²) in [5.74, 6) is 2.25. The van der Waals surface area contributed by atoms with E-state index in [4.69, 9.17) is 0 Å². The summed E-state index contributed by atoms with van der Waals surface area (Å²) in [5.41, 5.74) is 0. The second-order valence-electron chi connectivity index (χ2n) is 4.69. The monoisotopic (exact) mass is 208 g/mol. The van der Waals surface area contributed by atoms with Crippen LogP contribution in [0.2, 0.25) is 0 Å². The largest absolute Gasteiger partial charge is 0.392 e. The maximum absolute atomic E-state index is 9.97. The van der Waals surface area contributed by atoms with E-state index in [1.54, 1.807) is 0 Å². The fourth-order valence-electron chi connectivity index (χ4n) is 2.20. The van der Waals surface area contributed by atoms with Crippen molar-refractivity contribution in [3.05, 3.63) is 18.2 Å². The highest BCUT2D eigenvalue weighted by Gasteiger charge is 2.38. The Labute approximate surface area is 91.1 Å². The normalized spacial score (nSPS) is 26.6. The van der Waals surface area contributed by atoms with Crippen LogP contribution < -0.4 is 0 Å². The zero-order valence-corrected chi connectivity index (χ0v) is 9.56. The van der Waals surface area contributed by atoms with Gasteiger partial charge in [0.15, 0.2) is 0 Å². The number of hydrogen-bond donors (Lipinski definition) is 1. The van der Waals surface area contributed by atoms with E-state index in [-0.39, 0.29) is 6.10 Å². The molecule has 0 amide bonds. The summed E-state index contributed by atoms with van der Waals surface area (Å²) in [7, 11) is 0. The van der Waals surface area contributed by atoms with Crippen LogP contribution in [0.25, 0.3) is 0 Å². The van der Waals surface area contributed by atoms with E-state index < -0.39 is 0 Å². The van der Waals surface area contributed by atoms with E-state index in [0.29, 0.717) is 18.3 Å². The van der Waals surface area contributed by atoms with Crippen molar-refractivity contribution < 1.29 is 5.11 Å². The van der Waals surface area contributed by atoms with Gasteiger partial charge in [0, 0.05) is 25.4 Å². The van der Waals surface area contributed by atoms with Gasteiger partial charge in [0.1, 0.15) is 5.82 Å². The van der Waals surface area contributed by atoms with Gasteiger partial charge in [-0.25, -0.2) is 4.98 Å². The van der Waals surface area contributed by atoms with E-state index in [9.17, 15) is 5.11 Å². The molecule has 3 nitrogen and oxygen atoms in total. The van der Waals surface area contributed by atoms with Crippen LogP contribution in [-0.2, 0) is 13.0 Å². The molecule has 0 bridgehead atoms. The first kappa shape index (κ1) is 10.7. The van der Waals surface area contributed by atoms with Gasteiger partial charge < -0.3 is 9.67 Å². The molecule has 1 aromatic heterocycles. The quantitative estimate of drug-likeness (QED) is 0.802. The number of aromatic nitrogens is 2. The molecule has 0 aliphatic heterocycles. The maximum Gasteiger partial charge on any atom is 0.111 e. The van der Waals surface area contributed by atoms with Crippen molar-refractivity contribution in [2.75, 3.05) is 0 Å². The standard InChI is InChI=1S/C12H20N2O/c1-3-5-14-6-4-13-12(14)8-11(15)10-7-9(10)2/h4,6,9-11,15H,3,5,7-8H2,1-2H3. The van der Waals surface area contributed by atoms with E-state index >= 15 is 0 Å². The lowest BCUT2D eigenvalue weighted by Gasteiger charge is -2.11. The fourth-order valence-corrected chi connectivity index (χ4v) is 2.20. The molecular formula is C12H20N2O. The van der Waals surface area contributed by atoms with Crippen LogP contribution in [0, 0.1) is 11.8 Å². The Morgan fingerprint density at radius 1 is 1.67 bits per heavy atom. The zero-order chi connectivity index (χ0) is 10.8. The molecule has 1 aliphatic rings. The summed E-state index contributed by atoms with van der Waals surface area (Å²) in [6, 6.07) is 0. The van der Waals surface area contributed by atoms with Gasteiger partial charge in [-0.05, 0) is 24.7 Å². The van der Waals surface area contributed by atoms with Crippen LogP contribution in [0.5, 0.6) is 0 Å². The maximum atomic E-state index is 9.97. The average molecular weight is 208 g/mol. The SMILES string of the molecule is CCCn1ccnc1CC(O)C1CC1C. The van der Waals surface area contributed by atoms with Crippen molar-refractivity contribution in [1.82, 2.24) is 9.55 Å². The highest BCUT2D eigenvalue weighted by atomic mass is 16.3. The van der Waals surface area contributed by atoms with E-state index in [1.165, 1.54) is 6.42 Å². The van der Waals surface area contributed by atoms with Gasteiger partial charge >= 0.3 is 0 Å². The van der Waals surface area contributed by atoms with Gasteiger partial charge in [-0.15, -0.1) is 0 Å². The van der Waals surface area contributed by atoms with Gasteiger partial charge in [0.25, 0.3) is 0 Å². The highest BCUT2D eigenvalue weighted by molar-refractivity contribution is 4.98. The Kier molecular flexibility index (Phi) is 3.10. The molecule has 0 radical (unpaired) electrons. The number of imidazole rings is 1. The van der Waals surface area contributed by atoms with Crippen LogP contribution in [-0.4, -0.2) is 20.8 Å². The van der Waals surface area contributed by atoms with Crippen LogP contribution >= 0.6 is 0 Å². The molecule has 0 spiro atoms. The third kappa shape index (κ3) is 2.40. The number of aliphatic hydroxyl groups is 1. The lowest BCUT2D eigenvalue weighted by molar-refractivity contribution is 0.142. The molecule has 3 heteroatoms. The van der Waals surface area contributed by atoms with Crippen molar-refractivity contribution in [1.29, 1.82) is 0 Å². The van der Waals surface area contributed by atoms with Crippen LogP contribution in [0.1, 0.15) is 32.5 Å². The molecule has 3 atom stereocenters. The van der Waals surface area contributed by atoms with Crippen molar-refractivity contribution in [2.24, 2.45) is 11.8 Å². The molecule has 1 aliphatic carbocycles. The third-order valence-corrected chi connectivity index (χ3v) is 3.32. The molecule has 2 rings (SSSR count). The molecule has 3 unspecified atom stereocenters. The number of hydrogen-bond acceptors (Lipinski definition) is 2. The first-order chi connectivity index (χ1) is 7.22. The summed E-state index contributed by atoms with van der Waals surface area (Å²) in [6.45, 7) is 5.36. The van der Waals surface area contributed by atoms with Crippen LogP contribution in [0.15, 0.2) is 12.4 Å². The number of nitrogens with zero attached hydrogens (tertiary/aromatic N) is 2. The zero-order valence-electron chi connectivity index (χ0n) is 9.56. The van der Waals surface area contributed by atoms with Crippen molar-refractivity contribution in [2.45, 2.75) is 45.8 Å². The lowest BCUT2D eigenvalue weighted by atomic mass is 10.1. The molecular weight excluding hydrogens is 188 g/mol. The molecule has 84 valence electrons. The Hall–Kier alpha value is -0.830. The fraction of sp³-hybridized carbons (Fsp3) is 0.750. The Balaban J connectivity index is 1.94. The number of aliphatic hydroxyl groups excluding tert-OH is 1. The minimum atomic E-state index is -0.196. The summed E-state index contributed by atoms with van der Waals surface area (Å²) in [4.78, 5) is 4.31. The van der Waals surface area contributed by atoms with Crippen LogP contribution in [0.3, 0.4) is 0 Å². The number of aryl methyl sites for hydroxylation is 1. The Morgan fingerprint density at radius 2 is 2.40 bits per heavy atom. The first-order valence-corrected chi connectivity index (χ1v) is 5.90. The first-order valence-electron chi connectivity index (χ1n) is 5.90. The predicted molar refractivity (Wildman–Crippen MR) is 59.5 cm³/mol. The molecule has 1 fully saturated rings. The second kappa shape index (κ2) is 4.35. The van der Waals surface area contributed by atoms with Crippen LogP contribution in [0.4, 0.5) is 0 Å². The summed E-state index contributed by atoms with van der Waals surface area (Å²) in [5, 5.41) is 9.97. The topological polar surface area (TPSA) is 38.0 Å². The third-order valence-electron chi connectivity index (χ3n) is 3.32. The van der Waals surface area contributed by atoms with Crippen molar-refractivity contribution in [3.8, 4) is 0 Å². The van der Waals surface area contributed by atoms with Gasteiger partial charge in [-0.2, -0.15) is 0 Å². The smallest absolute Gasteiger partial charge is 0.111 e.